The molecule has 2 N–H and O–H groups in total. The fraction of sp³-hybridized carbons (Fsp3) is 0.383. The molecular weight excluding hydrogens is 878 g/mol. The van der Waals surface area contributed by atoms with Gasteiger partial charge in [0.05, 0.1) is 39.4 Å². The summed E-state index contributed by atoms with van der Waals surface area (Å²) in [6.45, 7) is 8.48. The SMILES string of the molecule is CC1(C)CCC(CN2CCN(c3ccc(C(=O)NS(=O)(=O)c4ccc(OCC5CCC(F)(F)CC5)c([N+](=O)[O-])c4)c(-n4ncc5nc6[nH]ccc6cc54)c3)CC2)=C(c2ccc(Cl)cc2)C1. The average molecular weight is 927 g/mol. The van der Waals surface area contributed by atoms with Crippen LogP contribution in [-0.2, 0) is 10.0 Å². The van der Waals surface area contributed by atoms with Gasteiger partial charge in [-0.3, -0.25) is 19.8 Å². The van der Waals surface area contributed by atoms with E-state index in [4.69, 9.17) is 16.3 Å². The summed E-state index contributed by atoms with van der Waals surface area (Å²) in [5.41, 5.74) is 6.53. The first-order valence-electron chi connectivity index (χ1n) is 21.8. The maximum atomic E-state index is 14.2. The van der Waals surface area contributed by atoms with E-state index in [1.54, 1.807) is 29.2 Å². The van der Waals surface area contributed by atoms with Crippen LogP contribution in [0.5, 0.6) is 5.75 Å². The maximum absolute atomic E-state index is 14.2. The lowest BCUT2D eigenvalue weighted by molar-refractivity contribution is -0.386. The summed E-state index contributed by atoms with van der Waals surface area (Å²) in [5, 5.41) is 18.3. The molecule has 9 rings (SSSR count). The molecule has 1 aliphatic heterocycles. The van der Waals surface area contributed by atoms with Gasteiger partial charge in [-0.1, -0.05) is 43.2 Å². The summed E-state index contributed by atoms with van der Waals surface area (Å²) < 4.78 is 64.3. The molecule has 6 aromatic rings. The molecule has 18 heteroatoms. The van der Waals surface area contributed by atoms with E-state index in [2.05, 4.69) is 55.6 Å². The van der Waals surface area contributed by atoms with Crippen molar-refractivity contribution >= 4 is 66.5 Å². The van der Waals surface area contributed by atoms with Crippen molar-refractivity contribution in [3.8, 4) is 11.4 Å². The Hall–Kier alpha value is -5.91. The minimum atomic E-state index is -4.67. The lowest BCUT2D eigenvalue weighted by atomic mass is 9.72. The van der Waals surface area contributed by atoms with Gasteiger partial charge in [0.1, 0.15) is 11.2 Å². The molecule has 2 fully saturated rings. The van der Waals surface area contributed by atoms with E-state index in [-0.39, 0.29) is 54.9 Å². The smallest absolute Gasteiger partial charge is 0.312 e. The number of nitrogens with one attached hydrogen (secondary N) is 2. The molecule has 1 saturated heterocycles. The number of sulfonamides is 1. The zero-order valence-electron chi connectivity index (χ0n) is 36.0. The molecule has 14 nitrogen and oxygen atoms in total. The Bertz CT molecular complexity index is 2940. The number of hydrogen-bond acceptors (Lipinski definition) is 10. The fourth-order valence-corrected chi connectivity index (χ4v) is 10.3. The molecule has 0 spiro atoms. The van der Waals surface area contributed by atoms with Gasteiger partial charge in [0, 0.05) is 73.9 Å². The van der Waals surface area contributed by atoms with Crippen LogP contribution in [0.4, 0.5) is 20.2 Å². The molecular formula is C47H49ClF2N8O6S. The number of nitrogens with zero attached hydrogens (tertiary/aromatic N) is 6. The molecule has 3 aliphatic rings. The predicted octanol–water partition coefficient (Wildman–Crippen LogP) is 9.57. The van der Waals surface area contributed by atoms with Gasteiger partial charge >= 0.3 is 5.69 Å². The largest absolute Gasteiger partial charge is 0.487 e. The molecule has 340 valence electrons. The summed E-state index contributed by atoms with van der Waals surface area (Å²) in [6, 6.07) is 20.1. The Balaban J connectivity index is 0.965. The number of amides is 1. The van der Waals surface area contributed by atoms with Crippen molar-refractivity contribution in [3.63, 3.8) is 0 Å². The second-order valence-electron chi connectivity index (χ2n) is 18.2. The van der Waals surface area contributed by atoms with E-state index >= 15 is 0 Å². The fourth-order valence-electron chi connectivity index (χ4n) is 9.24. The van der Waals surface area contributed by atoms with Crippen LogP contribution in [0.2, 0.25) is 5.02 Å². The number of nitro benzene ring substituents is 1. The van der Waals surface area contributed by atoms with Crippen LogP contribution in [-0.4, -0.2) is 89.1 Å². The first kappa shape index (κ1) is 44.3. The lowest BCUT2D eigenvalue weighted by Gasteiger charge is -2.39. The standard InChI is InChI=1S/C47H49ClF2N8O6S/c1-46(2)15-13-33(38(26-46)31-3-5-34(48)6-4-31)28-55-19-21-56(22-20-55)35-7-9-37(40(24-35)57-41-23-32-14-18-51-44(32)53-39(41)27-52-57)45(59)54-65(62,63)36-8-10-43(42(25-36)58(60)61)64-29-30-11-16-47(49,50)17-12-30/h3-10,14,18,23-25,27,30H,11-13,15-17,19-22,26,28-29H2,1-2H3,(H,51,53)(H,54,59). The van der Waals surface area contributed by atoms with Crippen LogP contribution < -0.4 is 14.4 Å². The predicted molar refractivity (Wildman–Crippen MR) is 246 cm³/mol. The van der Waals surface area contributed by atoms with Gasteiger partial charge in [0.2, 0.25) is 5.92 Å². The van der Waals surface area contributed by atoms with Gasteiger partial charge in [0.25, 0.3) is 15.9 Å². The molecule has 0 radical (unpaired) electrons. The Morgan fingerprint density at radius 2 is 1.75 bits per heavy atom. The van der Waals surface area contributed by atoms with E-state index in [9.17, 15) is 32.1 Å². The number of fused-ring (bicyclic) bond motifs is 2. The number of alkyl halides is 2. The van der Waals surface area contributed by atoms with Gasteiger partial charge < -0.3 is 14.6 Å². The number of piperazine rings is 1. The van der Waals surface area contributed by atoms with Gasteiger partial charge in [-0.15, -0.1) is 0 Å². The molecule has 2 aliphatic carbocycles. The highest BCUT2D eigenvalue weighted by atomic mass is 35.5. The van der Waals surface area contributed by atoms with Crippen LogP contribution in [0.3, 0.4) is 0 Å². The normalized spacial score (nSPS) is 18.3. The molecule has 65 heavy (non-hydrogen) atoms. The number of halogens is 3. The first-order chi connectivity index (χ1) is 31.0. The lowest BCUT2D eigenvalue weighted by Crippen LogP contribution is -2.47. The highest BCUT2D eigenvalue weighted by Gasteiger charge is 2.36. The number of nitro groups is 1. The number of rotatable bonds is 12. The average Bonchev–Trinajstić information content (AvgIpc) is 3.92. The topological polar surface area (TPSA) is 169 Å². The number of H-pyrrole nitrogens is 1. The van der Waals surface area contributed by atoms with Gasteiger partial charge in [-0.25, -0.2) is 31.6 Å². The number of hydrogen-bond donors (Lipinski definition) is 2. The molecule has 3 aromatic heterocycles. The third-order valence-corrected chi connectivity index (χ3v) is 14.6. The Kier molecular flexibility index (Phi) is 11.9. The van der Waals surface area contributed by atoms with Crippen LogP contribution in [0.15, 0.2) is 95.7 Å². The van der Waals surface area contributed by atoms with Crippen LogP contribution >= 0.6 is 11.6 Å². The van der Waals surface area contributed by atoms with Crippen molar-refractivity contribution in [2.45, 2.75) is 69.6 Å². The van der Waals surface area contributed by atoms with Crippen LogP contribution in [0.1, 0.15) is 74.7 Å². The second kappa shape index (κ2) is 17.5. The highest BCUT2D eigenvalue weighted by Crippen LogP contribution is 2.44. The van der Waals surface area contributed by atoms with Crippen LogP contribution in [0, 0.1) is 21.4 Å². The zero-order chi connectivity index (χ0) is 45.7. The third-order valence-electron chi connectivity index (χ3n) is 13.0. The summed E-state index contributed by atoms with van der Waals surface area (Å²) in [6.07, 6.45) is 6.30. The van der Waals surface area contributed by atoms with E-state index in [1.165, 1.54) is 16.7 Å². The maximum Gasteiger partial charge on any atom is 0.312 e. The number of pyridine rings is 1. The van der Waals surface area contributed by atoms with E-state index in [1.807, 2.05) is 30.3 Å². The summed E-state index contributed by atoms with van der Waals surface area (Å²) in [7, 11) is -4.67. The second-order valence-corrected chi connectivity index (χ2v) is 20.3. The van der Waals surface area contributed by atoms with Crippen LogP contribution in [0.25, 0.3) is 33.3 Å². The molecule has 4 heterocycles. The summed E-state index contributed by atoms with van der Waals surface area (Å²) in [4.78, 5) is 37.5. The van der Waals surface area contributed by atoms with Crippen molar-refractivity contribution in [2.75, 3.05) is 44.2 Å². The highest BCUT2D eigenvalue weighted by molar-refractivity contribution is 7.90. The zero-order valence-corrected chi connectivity index (χ0v) is 37.6. The summed E-state index contributed by atoms with van der Waals surface area (Å²) >= 11 is 6.25. The number of benzene rings is 3. The summed E-state index contributed by atoms with van der Waals surface area (Å²) in [5.74, 6) is -4.15. The van der Waals surface area contributed by atoms with E-state index in [0.717, 1.165) is 68.2 Å². The number of anilines is 1. The minimum absolute atomic E-state index is 0.00970. The van der Waals surface area contributed by atoms with Gasteiger partial charge in [-0.05, 0) is 109 Å². The molecule has 0 atom stereocenters. The number of carbonyl (C=O) groups excluding carboxylic acids is 1. The van der Waals surface area contributed by atoms with Crippen molar-refractivity contribution < 1.29 is 31.7 Å². The molecule has 3 aromatic carbocycles. The van der Waals surface area contributed by atoms with E-state index in [0.29, 0.717) is 40.5 Å². The number of aromatic nitrogens is 4. The molecule has 0 unspecified atom stereocenters. The quantitative estimate of drug-likeness (QED) is 0.0891. The van der Waals surface area contributed by atoms with Crippen molar-refractivity contribution in [1.29, 1.82) is 0 Å². The van der Waals surface area contributed by atoms with Crippen molar-refractivity contribution in [1.82, 2.24) is 29.4 Å². The molecule has 1 saturated carbocycles. The monoisotopic (exact) mass is 926 g/mol. The van der Waals surface area contributed by atoms with E-state index < -0.39 is 37.4 Å². The number of allylic oxidation sites excluding steroid dienone is 1. The minimum Gasteiger partial charge on any atom is -0.487 e. The first-order valence-corrected chi connectivity index (χ1v) is 23.6. The Morgan fingerprint density at radius 1 is 1.00 bits per heavy atom. The number of carbonyl (C=O) groups is 1. The Morgan fingerprint density at radius 3 is 2.49 bits per heavy atom. The van der Waals surface area contributed by atoms with Gasteiger partial charge in [-0.2, -0.15) is 5.10 Å². The van der Waals surface area contributed by atoms with Gasteiger partial charge in [0.15, 0.2) is 5.75 Å². The molecule has 1 amide bonds. The number of aromatic amines is 1. The Labute approximate surface area is 379 Å². The van der Waals surface area contributed by atoms with Crippen molar-refractivity contribution in [3.05, 3.63) is 117 Å². The molecule has 0 bridgehead atoms. The third kappa shape index (κ3) is 9.58. The van der Waals surface area contributed by atoms with Crippen molar-refractivity contribution in [2.24, 2.45) is 11.3 Å². The number of ether oxygens (including phenoxy) is 1.